The number of likely N-dealkylation sites (tertiary alicyclic amines) is 1. The van der Waals surface area contributed by atoms with Gasteiger partial charge in [0.2, 0.25) is 5.91 Å². The van der Waals surface area contributed by atoms with Gasteiger partial charge in [0.1, 0.15) is 5.75 Å². The molecular formula is C29H44N2O5. The number of hydrogen-bond donors (Lipinski definition) is 2. The van der Waals surface area contributed by atoms with Crippen LogP contribution in [0, 0.1) is 29.1 Å². The maximum Gasteiger partial charge on any atom is 0.251 e. The lowest BCUT2D eigenvalue weighted by atomic mass is 9.51. The molecule has 1 saturated heterocycles. The molecule has 2 N–H and O–H groups in total. The highest BCUT2D eigenvalue weighted by molar-refractivity contribution is 5.94. The highest BCUT2D eigenvalue weighted by Gasteiger charge is 2.54. The van der Waals surface area contributed by atoms with Crippen LogP contribution in [0.3, 0.4) is 0 Å². The third-order valence-electron chi connectivity index (χ3n) is 9.61. The summed E-state index contributed by atoms with van der Waals surface area (Å²) in [5.74, 6) is 0.614. The minimum absolute atomic E-state index is 0.0123. The van der Waals surface area contributed by atoms with Crippen LogP contribution in [0.2, 0.25) is 0 Å². The number of rotatable bonds is 7. The average Bonchev–Trinajstić information content (AvgIpc) is 3.33. The largest absolute Gasteiger partial charge is 0.497 e. The van der Waals surface area contributed by atoms with E-state index < -0.39 is 6.10 Å². The van der Waals surface area contributed by atoms with E-state index in [4.69, 9.17) is 9.47 Å². The first-order chi connectivity index (χ1) is 17.2. The first-order valence-electron chi connectivity index (χ1n) is 13.6. The van der Waals surface area contributed by atoms with E-state index in [0.717, 1.165) is 50.8 Å². The van der Waals surface area contributed by atoms with E-state index in [-0.39, 0.29) is 53.0 Å². The molecule has 7 heteroatoms. The molecule has 1 aromatic carbocycles. The molecule has 3 fully saturated rings. The molecule has 0 spiro atoms. The molecule has 0 aromatic heterocycles. The molecule has 4 rings (SSSR count). The second-order valence-electron chi connectivity index (χ2n) is 11.7. The minimum atomic E-state index is -0.568. The van der Waals surface area contributed by atoms with Crippen molar-refractivity contribution in [3.63, 3.8) is 0 Å². The summed E-state index contributed by atoms with van der Waals surface area (Å²) < 4.78 is 10.6. The second-order valence-corrected chi connectivity index (χ2v) is 11.7. The molecule has 200 valence electrons. The van der Waals surface area contributed by atoms with E-state index in [2.05, 4.69) is 19.2 Å². The van der Waals surface area contributed by atoms with Crippen LogP contribution in [0.15, 0.2) is 24.3 Å². The standard InChI is InChI=1S/C29H44N2O5/c1-18(28(34)31-16-6-7-21(31)17-35-4)23-12-14-29(3)15-13-24(19(2)25(29)26(23)32)30-27(33)20-8-10-22(36-5)11-9-20/h8-11,18-19,21,23-26,32H,6-7,12-17H2,1-5H3,(H,30,33)/t18-,19+,21+,23-,24-,25+,26-,29-/m0/s1. The Morgan fingerprint density at radius 3 is 2.53 bits per heavy atom. The Morgan fingerprint density at radius 1 is 1.17 bits per heavy atom. The number of ether oxygens (including phenoxy) is 2. The predicted octanol–water partition coefficient (Wildman–Crippen LogP) is 3.89. The molecule has 7 nitrogen and oxygen atoms in total. The molecule has 8 atom stereocenters. The van der Waals surface area contributed by atoms with E-state index >= 15 is 0 Å². The molecule has 2 aliphatic carbocycles. The summed E-state index contributed by atoms with van der Waals surface area (Å²) in [6, 6.07) is 7.27. The zero-order valence-corrected chi connectivity index (χ0v) is 22.5. The number of aliphatic hydroxyl groups is 1. The predicted molar refractivity (Wildman–Crippen MR) is 139 cm³/mol. The molecule has 1 heterocycles. The molecule has 2 amide bonds. The fourth-order valence-electron chi connectivity index (χ4n) is 7.43. The Morgan fingerprint density at radius 2 is 1.86 bits per heavy atom. The van der Waals surface area contributed by atoms with Crippen LogP contribution in [0.5, 0.6) is 5.75 Å². The lowest BCUT2D eigenvalue weighted by molar-refractivity contribution is -0.151. The van der Waals surface area contributed by atoms with Crippen molar-refractivity contribution in [1.29, 1.82) is 0 Å². The van der Waals surface area contributed by atoms with Gasteiger partial charge in [-0.05, 0) is 86.0 Å². The maximum absolute atomic E-state index is 13.5. The van der Waals surface area contributed by atoms with Gasteiger partial charge in [-0.3, -0.25) is 9.59 Å². The molecule has 1 aromatic rings. The summed E-state index contributed by atoms with van der Waals surface area (Å²) in [5, 5.41) is 15.0. The van der Waals surface area contributed by atoms with Gasteiger partial charge >= 0.3 is 0 Å². The van der Waals surface area contributed by atoms with E-state index in [1.165, 1.54) is 0 Å². The number of aliphatic hydroxyl groups excluding tert-OH is 1. The van der Waals surface area contributed by atoms with E-state index in [9.17, 15) is 14.7 Å². The van der Waals surface area contributed by atoms with Gasteiger partial charge in [0.05, 0.1) is 25.9 Å². The van der Waals surface area contributed by atoms with Crippen LogP contribution in [-0.4, -0.2) is 67.4 Å². The van der Waals surface area contributed by atoms with Crippen molar-refractivity contribution in [2.45, 2.75) is 77.5 Å². The van der Waals surface area contributed by atoms with Crippen molar-refractivity contribution in [2.24, 2.45) is 29.1 Å². The maximum atomic E-state index is 13.5. The Balaban J connectivity index is 1.45. The number of nitrogens with zero attached hydrogens (tertiary/aromatic N) is 1. The molecule has 2 saturated carbocycles. The van der Waals surface area contributed by atoms with Crippen molar-refractivity contribution < 1.29 is 24.2 Å². The van der Waals surface area contributed by atoms with Gasteiger partial charge in [-0.1, -0.05) is 20.8 Å². The third kappa shape index (κ3) is 5.14. The summed E-state index contributed by atoms with van der Waals surface area (Å²) in [6.45, 7) is 7.79. The number of nitrogens with one attached hydrogen (secondary N) is 1. The van der Waals surface area contributed by atoms with Gasteiger partial charge < -0.3 is 24.8 Å². The molecule has 0 radical (unpaired) electrons. The smallest absolute Gasteiger partial charge is 0.251 e. The van der Waals surface area contributed by atoms with E-state index in [0.29, 0.717) is 12.2 Å². The Kier molecular flexibility index (Phi) is 8.30. The van der Waals surface area contributed by atoms with Crippen LogP contribution >= 0.6 is 0 Å². The number of fused-ring (bicyclic) bond motifs is 1. The minimum Gasteiger partial charge on any atom is -0.497 e. The zero-order valence-electron chi connectivity index (χ0n) is 22.5. The first-order valence-corrected chi connectivity index (χ1v) is 13.6. The van der Waals surface area contributed by atoms with Crippen molar-refractivity contribution in [3.8, 4) is 5.75 Å². The molecular weight excluding hydrogens is 456 g/mol. The SMILES string of the molecule is COC[C@H]1CCCN1C(=O)[C@@H](C)[C@@H]1CC[C@@]2(C)CC[C@H](NC(=O)c3ccc(OC)cc3)[C@@H](C)[C@@H]2[C@H]1O. The third-order valence-corrected chi connectivity index (χ3v) is 9.61. The van der Waals surface area contributed by atoms with Crippen LogP contribution in [0.25, 0.3) is 0 Å². The van der Waals surface area contributed by atoms with Crippen LogP contribution in [-0.2, 0) is 9.53 Å². The molecule has 36 heavy (non-hydrogen) atoms. The number of benzene rings is 1. The summed E-state index contributed by atoms with van der Waals surface area (Å²) in [7, 11) is 3.29. The van der Waals surface area contributed by atoms with Crippen molar-refractivity contribution >= 4 is 11.8 Å². The molecule has 0 unspecified atom stereocenters. The first kappa shape index (κ1) is 26.9. The lowest BCUT2D eigenvalue weighted by Crippen LogP contribution is -2.58. The Labute approximate surface area is 215 Å². The highest BCUT2D eigenvalue weighted by atomic mass is 16.5. The summed E-state index contributed by atoms with van der Waals surface area (Å²) in [4.78, 5) is 28.5. The van der Waals surface area contributed by atoms with Crippen LogP contribution in [0.4, 0.5) is 0 Å². The van der Waals surface area contributed by atoms with Gasteiger partial charge in [-0.2, -0.15) is 0 Å². The Hall–Kier alpha value is -2.12. The van der Waals surface area contributed by atoms with Crippen molar-refractivity contribution in [2.75, 3.05) is 27.4 Å². The number of hydrogen-bond acceptors (Lipinski definition) is 5. The molecule has 0 bridgehead atoms. The summed E-state index contributed by atoms with van der Waals surface area (Å²) in [5.41, 5.74) is 0.625. The van der Waals surface area contributed by atoms with Gasteiger partial charge in [-0.25, -0.2) is 0 Å². The van der Waals surface area contributed by atoms with Crippen molar-refractivity contribution in [3.05, 3.63) is 29.8 Å². The highest BCUT2D eigenvalue weighted by Crippen LogP contribution is 2.55. The molecule has 3 aliphatic rings. The normalized spacial score (nSPS) is 35.1. The fraction of sp³-hybridized carbons (Fsp3) is 0.724. The number of carbonyl (C=O) groups excluding carboxylic acids is 2. The quantitative estimate of drug-likeness (QED) is 0.593. The zero-order chi connectivity index (χ0) is 26.0. The number of carbonyl (C=O) groups is 2. The van der Waals surface area contributed by atoms with Gasteiger partial charge in [-0.15, -0.1) is 0 Å². The van der Waals surface area contributed by atoms with Crippen LogP contribution < -0.4 is 10.1 Å². The van der Waals surface area contributed by atoms with Gasteiger partial charge in [0, 0.05) is 31.2 Å². The number of methoxy groups -OCH3 is 2. The van der Waals surface area contributed by atoms with E-state index in [1.807, 2.05) is 11.8 Å². The second kappa shape index (κ2) is 11.1. The van der Waals surface area contributed by atoms with E-state index in [1.54, 1.807) is 38.5 Å². The monoisotopic (exact) mass is 500 g/mol. The summed E-state index contributed by atoms with van der Waals surface area (Å²) in [6.07, 6.45) is 5.14. The van der Waals surface area contributed by atoms with Crippen LogP contribution in [0.1, 0.15) is 69.7 Å². The lowest BCUT2D eigenvalue weighted by Gasteiger charge is -2.56. The molecule has 1 aliphatic heterocycles. The fourth-order valence-corrected chi connectivity index (χ4v) is 7.43. The summed E-state index contributed by atoms with van der Waals surface area (Å²) >= 11 is 0. The van der Waals surface area contributed by atoms with Gasteiger partial charge in [0.25, 0.3) is 5.91 Å². The number of amides is 2. The average molecular weight is 501 g/mol. The van der Waals surface area contributed by atoms with Gasteiger partial charge in [0.15, 0.2) is 0 Å². The topological polar surface area (TPSA) is 88.1 Å². The van der Waals surface area contributed by atoms with Crippen molar-refractivity contribution in [1.82, 2.24) is 10.2 Å². The Bertz CT molecular complexity index is 921.